The van der Waals surface area contributed by atoms with Crippen molar-refractivity contribution in [1.82, 2.24) is 14.7 Å². The molecule has 1 N–H and O–H groups in total. The van der Waals surface area contributed by atoms with E-state index in [-0.39, 0.29) is 5.91 Å². The SMILES string of the molecule is CC(C)C[C@]1(O)CCN(C(=O)CCc2cnn(C)c2)C[C@@H]1Oc1ccccc1. The summed E-state index contributed by atoms with van der Waals surface area (Å²) in [6.45, 7) is 5.17. The molecule has 0 unspecified atom stereocenters. The topological polar surface area (TPSA) is 67.6 Å². The molecule has 2 aromatic rings. The number of aromatic nitrogens is 2. The highest BCUT2D eigenvalue weighted by Crippen LogP contribution is 2.32. The van der Waals surface area contributed by atoms with E-state index in [0.29, 0.717) is 44.7 Å². The highest BCUT2D eigenvalue weighted by molar-refractivity contribution is 5.76. The van der Waals surface area contributed by atoms with Gasteiger partial charge in [0.1, 0.15) is 17.5 Å². The number of ether oxygens (including phenoxy) is 1. The summed E-state index contributed by atoms with van der Waals surface area (Å²) in [5.41, 5.74) is 0.130. The van der Waals surface area contributed by atoms with Crippen LogP contribution in [0.15, 0.2) is 42.7 Å². The van der Waals surface area contributed by atoms with Crippen molar-refractivity contribution in [2.75, 3.05) is 13.1 Å². The van der Waals surface area contributed by atoms with Gasteiger partial charge in [-0.1, -0.05) is 32.0 Å². The number of hydrogen-bond acceptors (Lipinski definition) is 4. The standard InChI is InChI=1S/C22H31N3O3/c1-17(2)13-22(27)11-12-25(16-20(22)28-19-7-5-4-6-8-19)21(26)10-9-18-14-23-24(3)15-18/h4-8,14-15,17,20,27H,9-13,16H2,1-3H3/t20-,22+/m0/s1. The fourth-order valence-electron chi connectivity index (χ4n) is 3.94. The molecule has 0 bridgehead atoms. The zero-order valence-corrected chi connectivity index (χ0v) is 17.0. The van der Waals surface area contributed by atoms with E-state index in [9.17, 15) is 9.90 Å². The van der Waals surface area contributed by atoms with Gasteiger partial charge in [-0.2, -0.15) is 5.10 Å². The predicted molar refractivity (Wildman–Crippen MR) is 108 cm³/mol. The summed E-state index contributed by atoms with van der Waals surface area (Å²) in [5.74, 6) is 1.16. The van der Waals surface area contributed by atoms with Crippen molar-refractivity contribution in [2.45, 2.75) is 51.2 Å². The van der Waals surface area contributed by atoms with Gasteiger partial charge in [-0.25, -0.2) is 0 Å². The lowest BCUT2D eigenvalue weighted by molar-refractivity contribution is -0.148. The van der Waals surface area contributed by atoms with E-state index in [1.807, 2.05) is 48.5 Å². The quantitative estimate of drug-likeness (QED) is 0.796. The van der Waals surface area contributed by atoms with Crippen LogP contribution < -0.4 is 4.74 Å². The molecule has 0 spiro atoms. The van der Waals surface area contributed by atoms with Gasteiger partial charge in [0.2, 0.25) is 5.91 Å². The number of aliphatic hydroxyl groups is 1. The number of likely N-dealkylation sites (tertiary alicyclic amines) is 1. The Balaban J connectivity index is 1.67. The van der Waals surface area contributed by atoms with Crippen molar-refractivity contribution in [2.24, 2.45) is 13.0 Å². The Morgan fingerprint density at radius 3 is 2.75 bits per heavy atom. The molecule has 1 fully saturated rings. The van der Waals surface area contributed by atoms with Crippen molar-refractivity contribution in [3.05, 3.63) is 48.3 Å². The molecule has 1 amide bonds. The van der Waals surface area contributed by atoms with Crippen LogP contribution in [0.4, 0.5) is 0 Å². The molecule has 152 valence electrons. The molecule has 2 heterocycles. The van der Waals surface area contributed by atoms with Crippen LogP contribution in [0.5, 0.6) is 5.75 Å². The average molecular weight is 386 g/mol. The van der Waals surface area contributed by atoms with E-state index in [1.165, 1.54) is 0 Å². The Labute approximate surface area is 167 Å². The van der Waals surface area contributed by atoms with Crippen LogP contribution in [-0.2, 0) is 18.3 Å². The highest BCUT2D eigenvalue weighted by atomic mass is 16.5. The molecule has 6 heteroatoms. The molecule has 0 aliphatic carbocycles. The summed E-state index contributed by atoms with van der Waals surface area (Å²) in [6, 6.07) is 9.53. The molecular weight excluding hydrogens is 354 g/mol. The van der Waals surface area contributed by atoms with E-state index >= 15 is 0 Å². The lowest BCUT2D eigenvalue weighted by Gasteiger charge is -2.45. The molecule has 1 aromatic carbocycles. The minimum absolute atomic E-state index is 0.0945. The Kier molecular flexibility index (Phi) is 6.39. The number of rotatable bonds is 7. The minimum atomic E-state index is -0.926. The predicted octanol–water partition coefficient (Wildman–Crippen LogP) is 2.81. The van der Waals surface area contributed by atoms with Gasteiger partial charge in [-0.05, 0) is 42.9 Å². The van der Waals surface area contributed by atoms with E-state index in [0.717, 1.165) is 11.3 Å². The van der Waals surface area contributed by atoms with Gasteiger partial charge in [-0.3, -0.25) is 9.48 Å². The number of aryl methyl sites for hydroxylation is 2. The fraction of sp³-hybridized carbons (Fsp3) is 0.545. The average Bonchev–Trinajstić information content (AvgIpc) is 3.07. The summed E-state index contributed by atoms with van der Waals surface area (Å²) >= 11 is 0. The Hall–Kier alpha value is -2.34. The summed E-state index contributed by atoms with van der Waals surface area (Å²) in [6.07, 6.45) is 5.59. The molecule has 1 aliphatic rings. The summed E-state index contributed by atoms with van der Waals surface area (Å²) in [4.78, 5) is 14.6. The van der Waals surface area contributed by atoms with Crippen molar-refractivity contribution >= 4 is 5.91 Å². The maximum atomic E-state index is 12.8. The largest absolute Gasteiger partial charge is 0.486 e. The smallest absolute Gasteiger partial charge is 0.223 e. The lowest BCUT2D eigenvalue weighted by Crippen LogP contribution is -2.59. The maximum absolute atomic E-state index is 12.8. The molecule has 1 aliphatic heterocycles. The van der Waals surface area contributed by atoms with E-state index in [2.05, 4.69) is 18.9 Å². The van der Waals surface area contributed by atoms with Gasteiger partial charge in [0, 0.05) is 26.2 Å². The van der Waals surface area contributed by atoms with Gasteiger partial charge < -0.3 is 14.7 Å². The number of carbonyl (C=O) groups is 1. The van der Waals surface area contributed by atoms with Crippen molar-refractivity contribution in [1.29, 1.82) is 0 Å². The second kappa shape index (κ2) is 8.78. The molecule has 0 saturated carbocycles. The highest BCUT2D eigenvalue weighted by Gasteiger charge is 2.44. The zero-order chi connectivity index (χ0) is 20.1. The minimum Gasteiger partial charge on any atom is -0.486 e. The van der Waals surface area contributed by atoms with E-state index in [4.69, 9.17) is 4.74 Å². The Morgan fingerprint density at radius 1 is 1.36 bits per heavy atom. The summed E-state index contributed by atoms with van der Waals surface area (Å²) in [7, 11) is 1.87. The zero-order valence-electron chi connectivity index (χ0n) is 17.0. The summed E-state index contributed by atoms with van der Waals surface area (Å²) < 4.78 is 7.91. The van der Waals surface area contributed by atoms with E-state index < -0.39 is 11.7 Å². The maximum Gasteiger partial charge on any atom is 0.223 e. The molecule has 0 radical (unpaired) electrons. The number of para-hydroxylation sites is 1. The normalized spacial score (nSPS) is 22.5. The number of carbonyl (C=O) groups excluding carboxylic acids is 1. The van der Waals surface area contributed by atoms with Crippen LogP contribution in [0, 0.1) is 5.92 Å². The number of benzene rings is 1. The summed E-state index contributed by atoms with van der Waals surface area (Å²) in [5, 5.41) is 15.5. The Morgan fingerprint density at radius 2 is 2.11 bits per heavy atom. The van der Waals surface area contributed by atoms with Crippen LogP contribution in [0.3, 0.4) is 0 Å². The number of nitrogens with zero attached hydrogens (tertiary/aromatic N) is 3. The lowest BCUT2D eigenvalue weighted by atomic mass is 9.81. The number of hydrogen-bond donors (Lipinski definition) is 1. The monoisotopic (exact) mass is 385 g/mol. The van der Waals surface area contributed by atoms with Gasteiger partial charge in [-0.15, -0.1) is 0 Å². The van der Waals surface area contributed by atoms with E-state index in [1.54, 1.807) is 10.9 Å². The molecule has 1 saturated heterocycles. The third kappa shape index (κ3) is 5.13. The van der Waals surface area contributed by atoms with Gasteiger partial charge in [0.15, 0.2) is 0 Å². The third-order valence-electron chi connectivity index (χ3n) is 5.32. The third-order valence-corrected chi connectivity index (χ3v) is 5.32. The molecule has 28 heavy (non-hydrogen) atoms. The first-order valence-electron chi connectivity index (χ1n) is 10.0. The van der Waals surface area contributed by atoms with Crippen LogP contribution in [0.25, 0.3) is 0 Å². The second-order valence-corrected chi connectivity index (χ2v) is 8.23. The first-order valence-corrected chi connectivity index (χ1v) is 10.0. The van der Waals surface area contributed by atoms with Gasteiger partial charge in [0.05, 0.1) is 12.7 Å². The van der Waals surface area contributed by atoms with Crippen LogP contribution in [-0.4, -0.2) is 50.5 Å². The van der Waals surface area contributed by atoms with Crippen molar-refractivity contribution in [3.8, 4) is 5.75 Å². The number of amides is 1. The molecule has 3 rings (SSSR count). The molecule has 1 aromatic heterocycles. The molecular formula is C22H31N3O3. The molecule has 2 atom stereocenters. The number of piperidine rings is 1. The van der Waals surface area contributed by atoms with Crippen LogP contribution in [0.1, 0.15) is 38.7 Å². The van der Waals surface area contributed by atoms with Crippen molar-refractivity contribution < 1.29 is 14.6 Å². The Bertz CT molecular complexity index is 774. The van der Waals surface area contributed by atoms with Gasteiger partial charge >= 0.3 is 0 Å². The van der Waals surface area contributed by atoms with Crippen LogP contribution in [0.2, 0.25) is 0 Å². The molecule has 6 nitrogen and oxygen atoms in total. The fourth-order valence-corrected chi connectivity index (χ4v) is 3.94. The first-order chi connectivity index (χ1) is 13.4. The first kappa shape index (κ1) is 20.4. The van der Waals surface area contributed by atoms with Crippen LogP contribution >= 0.6 is 0 Å². The second-order valence-electron chi connectivity index (χ2n) is 8.23. The van der Waals surface area contributed by atoms with Crippen molar-refractivity contribution in [3.63, 3.8) is 0 Å². The van der Waals surface area contributed by atoms with Gasteiger partial charge in [0.25, 0.3) is 0 Å².